The van der Waals surface area contributed by atoms with Crippen molar-refractivity contribution in [3.05, 3.63) is 38.7 Å². The summed E-state index contributed by atoms with van der Waals surface area (Å²) in [6, 6.07) is 3.93. The van der Waals surface area contributed by atoms with Crippen LogP contribution in [0.2, 0.25) is 5.02 Å². The van der Waals surface area contributed by atoms with Crippen molar-refractivity contribution in [1.82, 2.24) is 4.98 Å². The third-order valence-corrected chi connectivity index (χ3v) is 4.43. The van der Waals surface area contributed by atoms with Crippen molar-refractivity contribution >= 4 is 22.9 Å². The van der Waals surface area contributed by atoms with E-state index in [1.807, 2.05) is 20.8 Å². The Hall–Kier alpha value is -1.07. The van der Waals surface area contributed by atoms with Crippen molar-refractivity contribution in [1.29, 1.82) is 0 Å². The van der Waals surface area contributed by atoms with Gasteiger partial charge >= 0.3 is 6.18 Å². The minimum absolute atomic E-state index is 0.209. The number of nitrogens with zero attached hydrogens (tertiary/aromatic N) is 1. The molecule has 0 saturated carbocycles. The van der Waals surface area contributed by atoms with E-state index in [0.29, 0.717) is 11.3 Å². The molecule has 2 aromatic rings. The van der Waals surface area contributed by atoms with Crippen molar-refractivity contribution in [3.8, 4) is 11.3 Å². The quantitative estimate of drug-likeness (QED) is 0.670. The van der Waals surface area contributed by atoms with Gasteiger partial charge in [0.15, 0.2) is 0 Å². The summed E-state index contributed by atoms with van der Waals surface area (Å²) in [5.74, 6) is 0.209. The minimum Gasteiger partial charge on any atom is -0.241 e. The molecule has 0 aliphatic carbocycles. The minimum atomic E-state index is -4.46. The number of hydrogen-bond acceptors (Lipinski definition) is 2. The van der Waals surface area contributed by atoms with Gasteiger partial charge in [-0.3, -0.25) is 0 Å². The Morgan fingerprint density at radius 2 is 1.90 bits per heavy atom. The summed E-state index contributed by atoms with van der Waals surface area (Å²) in [5.41, 5.74) is 0.247. The van der Waals surface area contributed by atoms with E-state index in [2.05, 4.69) is 4.98 Å². The molecule has 1 aromatic carbocycles. The number of aromatic nitrogens is 1. The second-order valence-electron chi connectivity index (χ2n) is 4.79. The lowest BCUT2D eigenvalue weighted by Gasteiger charge is -2.11. The maximum atomic E-state index is 12.9. The normalized spacial score (nSPS) is 12.2. The first-order valence-corrected chi connectivity index (χ1v) is 7.24. The number of thiazole rings is 1. The standard InChI is InChI=1S/C14H13ClF3NS/c1-7(2)13-12(19-8(3)20-13)9-4-5-11(15)10(6-9)14(16,17)18/h4-7H,1-3H3. The fraction of sp³-hybridized carbons (Fsp3) is 0.357. The third-order valence-electron chi connectivity index (χ3n) is 2.83. The molecule has 0 saturated heterocycles. The molecule has 1 aromatic heterocycles. The van der Waals surface area contributed by atoms with Gasteiger partial charge in [0.05, 0.1) is 21.3 Å². The van der Waals surface area contributed by atoms with Crippen molar-refractivity contribution in [2.24, 2.45) is 0 Å². The van der Waals surface area contributed by atoms with Crippen molar-refractivity contribution < 1.29 is 13.2 Å². The second-order valence-corrected chi connectivity index (χ2v) is 6.43. The average molecular weight is 320 g/mol. The van der Waals surface area contributed by atoms with Crippen LogP contribution in [0.1, 0.15) is 35.2 Å². The van der Waals surface area contributed by atoms with Gasteiger partial charge in [-0.2, -0.15) is 13.2 Å². The Morgan fingerprint density at radius 3 is 2.45 bits per heavy atom. The maximum absolute atomic E-state index is 12.9. The number of benzene rings is 1. The number of rotatable bonds is 2. The van der Waals surface area contributed by atoms with Crippen LogP contribution in [-0.4, -0.2) is 4.98 Å². The monoisotopic (exact) mass is 319 g/mol. The van der Waals surface area contributed by atoms with Gasteiger partial charge in [0.2, 0.25) is 0 Å². The lowest BCUT2D eigenvalue weighted by atomic mass is 10.0. The molecule has 1 heterocycles. The predicted molar refractivity (Wildman–Crippen MR) is 76.4 cm³/mol. The fourth-order valence-electron chi connectivity index (χ4n) is 1.93. The number of alkyl halides is 3. The largest absolute Gasteiger partial charge is 0.417 e. The number of halogens is 4. The Labute approximate surface area is 124 Å². The molecular formula is C14H13ClF3NS. The van der Waals surface area contributed by atoms with E-state index >= 15 is 0 Å². The van der Waals surface area contributed by atoms with Crippen LogP contribution in [-0.2, 0) is 6.18 Å². The SMILES string of the molecule is Cc1nc(-c2ccc(Cl)c(C(F)(F)F)c2)c(C(C)C)s1. The summed E-state index contributed by atoms with van der Waals surface area (Å²) in [5, 5.41) is 0.548. The van der Waals surface area contributed by atoms with E-state index < -0.39 is 11.7 Å². The van der Waals surface area contributed by atoms with E-state index in [1.165, 1.54) is 17.4 Å². The van der Waals surface area contributed by atoms with Crippen LogP contribution in [0.4, 0.5) is 13.2 Å². The highest BCUT2D eigenvalue weighted by Gasteiger charge is 2.33. The van der Waals surface area contributed by atoms with Crippen LogP contribution in [0.25, 0.3) is 11.3 Å². The van der Waals surface area contributed by atoms with Gasteiger partial charge in [0.1, 0.15) is 0 Å². The van der Waals surface area contributed by atoms with Crippen molar-refractivity contribution in [2.45, 2.75) is 32.9 Å². The summed E-state index contributed by atoms with van der Waals surface area (Å²) in [6.45, 7) is 5.84. The van der Waals surface area contributed by atoms with Gasteiger partial charge in [0, 0.05) is 10.4 Å². The van der Waals surface area contributed by atoms with Crippen molar-refractivity contribution in [3.63, 3.8) is 0 Å². The van der Waals surface area contributed by atoms with E-state index in [4.69, 9.17) is 11.6 Å². The smallest absolute Gasteiger partial charge is 0.241 e. The highest BCUT2D eigenvalue weighted by molar-refractivity contribution is 7.12. The summed E-state index contributed by atoms with van der Waals surface area (Å²) in [4.78, 5) is 5.35. The summed E-state index contributed by atoms with van der Waals surface area (Å²) >= 11 is 7.15. The molecule has 0 bridgehead atoms. The van der Waals surface area contributed by atoms with Crippen molar-refractivity contribution in [2.75, 3.05) is 0 Å². The van der Waals surface area contributed by atoms with E-state index in [9.17, 15) is 13.2 Å². The van der Waals surface area contributed by atoms with Crippen LogP contribution in [0.15, 0.2) is 18.2 Å². The van der Waals surface area contributed by atoms with E-state index in [0.717, 1.165) is 16.0 Å². The van der Waals surface area contributed by atoms with Crippen LogP contribution in [0.3, 0.4) is 0 Å². The zero-order chi connectivity index (χ0) is 15.1. The lowest BCUT2D eigenvalue weighted by Crippen LogP contribution is -2.06. The molecule has 0 radical (unpaired) electrons. The molecule has 6 heteroatoms. The Morgan fingerprint density at radius 1 is 1.25 bits per heavy atom. The molecule has 108 valence electrons. The first kappa shape index (κ1) is 15.3. The molecule has 0 spiro atoms. The zero-order valence-electron chi connectivity index (χ0n) is 11.2. The number of hydrogen-bond donors (Lipinski definition) is 0. The molecule has 2 rings (SSSR count). The highest BCUT2D eigenvalue weighted by atomic mass is 35.5. The molecule has 0 aliphatic rings. The Bertz CT molecular complexity index is 632. The van der Waals surface area contributed by atoms with E-state index in [-0.39, 0.29) is 10.9 Å². The van der Waals surface area contributed by atoms with Crippen LogP contribution in [0.5, 0.6) is 0 Å². The molecule has 20 heavy (non-hydrogen) atoms. The summed E-state index contributed by atoms with van der Waals surface area (Å²) in [7, 11) is 0. The molecule has 0 N–H and O–H groups in total. The number of aryl methyl sites for hydroxylation is 1. The maximum Gasteiger partial charge on any atom is 0.417 e. The molecule has 0 atom stereocenters. The van der Waals surface area contributed by atoms with Gasteiger partial charge in [-0.1, -0.05) is 31.5 Å². The first-order valence-electron chi connectivity index (χ1n) is 6.04. The topological polar surface area (TPSA) is 12.9 Å². The van der Waals surface area contributed by atoms with Gasteiger partial charge in [-0.25, -0.2) is 4.98 Å². The molecule has 0 fully saturated rings. The molecule has 1 nitrogen and oxygen atoms in total. The first-order chi connectivity index (χ1) is 9.20. The predicted octanol–water partition coefficient (Wildman–Crippen LogP) is 5.91. The van der Waals surface area contributed by atoms with E-state index in [1.54, 1.807) is 6.07 Å². The molecular weight excluding hydrogens is 307 g/mol. The van der Waals surface area contributed by atoms with Crippen LogP contribution in [0, 0.1) is 6.92 Å². The Balaban J connectivity index is 2.60. The van der Waals surface area contributed by atoms with Gasteiger partial charge in [0.25, 0.3) is 0 Å². The average Bonchev–Trinajstić information content (AvgIpc) is 2.70. The molecule has 0 amide bonds. The van der Waals surface area contributed by atoms with Crippen LogP contribution < -0.4 is 0 Å². The van der Waals surface area contributed by atoms with Gasteiger partial charge < -0.3 is 0 Å². The fourth-order valence-corrected chi connectivity index (χ4v) is 3.11. The molecule has 0 aliphatic heterocycles. The van der Waals surface area contributed by atoms with Crippen LogP contribution >= 0.6 is 22.9 Å². The molecule has 0 unspecified atom stereocenters. The zero-order valence-corrected chi connectivity index (χ0v) is 12.7. The lowest BCUT2D eigenvalue weighted by molar-refractivity contribution is -0.137. The van der Waals surface area contributed by atoms with Gasteiger partial charge in [-0.05, 0) is 25.0 Å². The third kappa shape index (κ3) is 2.99. The summed E-state index contributed by atoms with van der Waals surface area (Å²) in [6.07, 6.45) is -4.46. The second kappa shape index (κ2) is 5.37. The Kier molecular flexibility index (Phi) is 4.12. The van der Waals surface area contributed by atoms with Gasteiger partial charge in [-0.15, -0.1) is 11.3 Å². The summed E-state index contributed by atoms with van der Waals surface area (Å²) < 4.78 is 38.7. The highest BCUT2D eigenvalue weighted by Crippen LogP contribution is 2.39.